The third-order valence-corrected chi connectivity index (χ3v) is 5.70. The van der Waals surface area contributed by atoms with E-state index in [4.69, 9.17) is 32.7 Å². The summed E-state index contributed by atoms with van der Waals surface area (Å²) < 4.78 is 12.8. The van der Waals surface area contributed by atoms with Gasteiger partial charge < -0.3 is 19.4 Å². The Bertz CT molecular complexity index is 1060. The molecule has 0 aliphatic heterocycles. The first-order valence-electron chi connectivity index (χ1n) is 8.90. The van der Waals surface area contributed by atoms with Gasteiger partial charge in [0.25, 0.3) is 0 Å². The van der Waals surface area contributed by atoms with Gasteiger partial charge in [0.05, 0.1) is 23.6 Å². The Morgan fingerprint density at radius 3 is 2.73 bits per heavy atom. The molecule has 0 unspecified atom stereocenters. The number of hydrogen-bond donors (Lipinski definition) is 1. The van der Waals surface area contributed by atoms with Gasteiger partial charge in [0, 0.05) is 12.1 Å². The lowest BCUT2D eigenvalue weighted by molar-refractivity contribution is -0.113. The van der Waals surface area contributed by atoms with Crippen LogP contribution in [0.25, 0.3) is 0 Å². The number of ether oxygens (including phenoxy) is 2. The van der Waals surface area contributed by atoms with Crippen molar-refractivity contribution in [2.75, 3.05) is 18.2 Å². The standard InChI is InChI=1S/C20H20Cl2N4O3S/c1-12-4-6-14(22)17(8-12)29-10-18-24-25-20(26(18)2)30-11-19(27)23-15-9-13(21)5-7-16(15)28-3/h4-9H,10-11H2,1-3H3,(H,23,27). The van der Waals surface area contributed by atoms with Crippen LogP contribution >= 0.6 is 35.0 Å². The highest BCUT2D eigenvalue weighted by molar-refractivity contribution is 7.99. The summed E-state index contributed by atoms with van der Waals surface area (Å²) in [5.41, 5.74) is 1.56. The molecular formula is C20H20Cl2N4O3S. The zero-order chi connectivity index (χ0) is 21.7. The average molecular weight is 467 g/mol. The molecule has 0 fully saturated rings. The van der Waals surface area contributed by atoms with Gasteiger partial charge in [-0.15, -0.1) is 10.2 Å². The number of rotatable bonds is 8. The van der Waals surface area contributed by atoms with Gasteiger partial charge >= 0.3 is 0 Å². The third kappa shape index (κ3) is 5.59. The fraction of sp³-hybridized carbons (Fsp3) is 0.250. The fourth-order valence-electron chi connectivity index (χ4n) is 2.55. The molecule has 1 heterocycles. The number of hydrogen-bond acceptors (Lipinski definition) is 6. The number of aromatic nitrogens is 3. The minimum absolute atomic E-state index is 0.145. The molecule has 158 valence electrons. The monoisotopic (exact) mass is 466 g/mol. The van der Waals surface area contributed by atoms with E-state index >= 15 is 0 Å². The molecule has 0 aliphatic rings. The summed E-state index contributed by atoms with van der Waals surface area (Å²) in [4.78, 5) is 12.3. The van der Waals surface area contributed by atoms with Crippen molar-refractivity contribution in [3.63, 3.8) is 0 Å². The molecule has 3 aromatic rings. The maximum absolute atomic E-state index is 12.3. The summed E-state index contributed by atoms with van der Waals surface area (Å²) in [7, 11) is 3.34. The van der Waals surface area contributed by atoms with Crippen molar-refractivity contribution in [3.05, 3.63) is 57.8 Å². The number of halogens is 2. The predicted octanol–water partition coefficient (Wildman–Crippen LogP) is 4.75. The molecule has 3 rings (SSSR count). The van der Waals surface area contributed by atoms with Crippen LogP contribution in [0.1, 0.15) is 11.4 Å². The Morgan fingerprint density at radius 1 is 1.17 bits per heavy atom. The highest BCUT2D eigenvalue weighted by Gasteiger charge is 2.14. The highest BCUT2D eigenvalue weighted by Crippen LogP contribution is 2.28. The van der Waals surface area contributed by atoms with Crippen molar-refractivity contribution in [2.24, 2.45) is 7.05 Å². The van der Waals surface area contributed by atoms with Gasteiger partial charge in [0.2, 0.25) is 5.91 Å². The molecule has 1 amide bonds. The second kappa shape index (κ2) is 10.1. The normalized spacial score (nSPS) is 10.7. The molecule has 1 N–H and O–H groups in total. The van der Waals surface area contributed by atoms with Crippen LogP contribution in [0.15, 0.2) is 41.6 Å². The highest BCUT2D eigenvalue weighted by atomic mass is 35.5. The molecule has 2 aromatic carbocycles. The van der Waals surface area contributed by atoms with Gasteiger partial charge in [0.1, 0.15) is 18.1 Å². The number of anilines is 1. The van der Waals surface area contributed by atoms with E-state index in [1.807, 2.05) is 26.1 Å². The van der Waals surface area contributed by atoms with Crippen LogP contribution in [-0.4, -0.2) is 33.5 Å². The van der Waals surface area contributed by atoms with E-state index in [2.05, 4.69) is 15.5 Å². The Balaban J connectivity index is 1.58. The molecule has 0 saturated carbocycles. The number of aryl methyl sites for hydroxylation is 1. The van der Waals surface area contributed by atoms with Crippen LogP contribution in [0, 0.1) is 6.92 Å². The smallest absolute Gasteiger partial charge is 0.234 e. The number of benzene rings is 2. The molecule has 0 radical (unpaired) electrons. The second-order valence-electron chi connectivity index (χ2n) is 6.36. The summed E-state index contributed by atoms with van der Waals surface area (Å²) in [5.74, 6) is 1.67. The molecule has 0 saturated heterocycles. The zero-order valence-electron chi connectivity index (χ0n) is 16.6. The number of carbonyl (C=O) groups excluding carboxylic acids is 1. The first-order chi connectivity index (χ1) is 14.4. The van der Waals surface area contributed by atoms with Crippen LogP contribution in [0.5, 0.6) is 11.5 Å². The number of methoxy groups -OCH3 is 1. The quantitative estimate of drug-likeness (QED) is 0.482. The molecular weight excluding hydrogens is 447 g/mol. The first kappa shape index (κ1) is 22.3. The van der Waals surface area contributed by atoms with Crippen LogP contribution in [0.2, 0.25) is 10.0 Å². The van der Waals surface area contributed by atoms with E-state index in [9.17, 15) is 4.79 Å². The minimum atomic E-state index is -0.215. The molecule has 0 bridgehead atoms. The Morgan fingerprint density at radius 2 is 1.97 bits per heavy atom. The number of amides is 1. The first-order valence-corrected chi connectivity index (χ1v) is 10.6. The maximum atomic E-state index is 12.3. The predicted molar refractivity (Wildman–Crippen MR) is 119 cm³/mol. The lowest BCUT2D eigenvalue weighted by atomic mass is 10.2. The van der Waals surface area contributed by atoms with Gasteiger partial charge in [-0.2, -0.15) is 0 Å². The Hall–Kier alpha value is -2.42. The van der Waals surface area contributed by atoms with Gasteiger partial charge in [-0.3, -0.25) is 4.79 Å². The fourth-order valence-corrected chi connectivity index (χ4v) is 3.63. The summed E-state index contributed by atoms with van der Waals surface area (Å²) in [5, 5.41) is 12.7. The Kier molecular flexibility index (Phi) is 7.47. The van der Waals surface area contributed by atoms with Crippen molar-refractivity contribution in [3.8, 4) is 11.5 Å². The summed E-state index contributed by atoms with van der Waals surface area (Å²) in [6.45, 7) is 2.17. The topological polar surface area (TPSA) is 78.3 Å². The SMILES string of the molecule is COc1ccc(Cl)cc1NC(=O)CSc1nnc(COc2cc(C)ccc2Cl)n1C. The maximum Gasteiger partial charge on any atom is 0.234 e. The number of nitrogens with one attached hydrogen (secondary N) is 1. The largest absolute Gasteiger partial charge is 0.495 e. The number of thioether (sulfide) groups is 1. The molecule has 0 aliphatic carbocycles. The minimum Gasteiger partial charge on any atom is -0.495 e. The molecule has 30 heavy (non-hydrogen) atoms. The molecule has 7 nitrogen and oxygen atoms in total. The van der Waals surface area contributed by atoms with Crippen LogP contribution in [0.4, 0.5) is 5.69 Å². The van der Waals surface area contributed by atoms with E-state index in [1.165, 1.54) is 18.9 Å². The lowest BCUT2D eigenvalue weighted by Crippen LogP contribution is -2.15. The van der Waals surface area contributed by atoms with E-state index in [0.29, 0.717) is 38.2 Å². The van der Waals surface area contributed by atoms with Crippen LogP contribution in [0.3, 0.4) is 0 Å². The van der Waals surface area contributed by atoms with E-state index in [1.54, 1.807) is 28.8 Å². The molecule has 1 aromatic heterocycles. The summed E-state index contributed by atoms with van der Waals surface area (Å²) >= 11 is 13.4. The van der Waals surface area contributed by atoms with Crippen molar-refractivity contribution in [2.45, 2.75) is 18.7 Å². The van der Waals surface area contributed by atoms with Crippen LogP contribution < -0.4 is 14.8 Å². The van der Waals surface area contributed by atoms with E-state index in [0.717, 1.165) is 5.56 Å². The summed E-state index contributed by atoms with van der Waals surface area (Å²) in [6.07, 6.45) is 0. The van der Waals surface area contributed by atoms with Gasteiger partial charge in [-0.25, -0.2) is 0 Å². The summed E-state index contributed by atoms with van der Waals surface area (Å²) in [6, 6.07) is 10.6. The Labute approximate surface area is 188 Å². The van der Waals surface area contributed by atoms with Gasteiger partial charge in [-0.05, 0) is 42.8 Å². The number of carbonyl (C=O) groups is 1. The molecule has 0 spiro atoms. The molecule has 10 heteroatoms. The van der Waals surface area contributed by atoms with Crippen molar-refractivity contribution in [1.82, 2.24) is 14.8 Å². The van der Waals surface area contributed by atoms with Gasteiger partial charge in [0.15, 0.2) is 11.0 Å². The molecule has 0 atom stereocenters. The van der Waals surface area contributed by atoms with E-state index in [-0.39, 0.29) is 18.3 Å². The van der Waals surface area contributed by atoms with Gasteiger partial charge in [-0.1, -0.05) is 41.0 Å². The van der Waals surface area contributed by atoms with Crippen LogP contribution in [-0.2, 0) is 18.4 Å². The number of nitrogens with zero attached hydrogens (tertiary/aromatic N) is 3. The van der Waals surface area contributed by atoms with Crippen molar-refractivity contribution >= 4 is 46.6 Å². The van der Waals surface area contributed by atoms with Crippen molar-refractivity contribution < 1.29 is 14.3 Å². The second-order valence-corrected chi connectivity index (χ2v) is 8.15. The average Bonchev–Trinajstić information content (AvgIpc) is 3.07. The third-order valence-electron chi connectivity index (χ3n) is 4.14. The van der Waals surface area contributed by atoms with E-state index < -0.39 is 0 Å². The van der Waals surface area contributed by atoms with Crippen molar-refractivity contribution in [1.29, 1.82) is 0 Å². The zero-order valence-corrected chi connectivity index (χ0v) is 18.9. The lowest BCUT2D eigenvalue weighted by Gasteiger charge is -2.10.